The number of aromatic nitrogens is 1. The Kier molecular flexibility index (Phi) is 3.53. The van der Waals surface area contributed by atoms with E-state index in [1.165, 1.54) is 35.6 Å². The highest BCUT2D eigenvalue weighted by molar-refractivity contribution is 7.07. The average molecular weight is 273 g/mol. The largest absolute Gasteiger partial charge is 0.573 e. The van der Waals surface area contributed by atoms with Crippen LogP contribution < -0.4 is 10.5 Å². The summed E-state index contributed by atoms with van der Waals surface area (Å²) in [7, 11) is 0. The van der Waals surface area contributed by atoms with Gasteiger partial charge in [-0.3, -0.25) is 0 Å². The number of nitrogens with two attached hydrogens (primary N) is 1. The molecule has 7 heteroatoms. The lowest BCUT2D eigenvalue weighted by atomic mass is 10.1. The number of nitrogens with zero attached hydrogens (tertiary/aromatic N) is 1. The fourth-order valence-electron chi connectivity index (χ4n) is 1.38. The fourth-order valence-corrected chi connectivity index (χ4v) is 1.91. The van der Waals surface area contributed by atoms with Gasteiger partial charge >= 0.3 is 6.36 Å². The van der Waals surface area contributed by atoms with Gasteiger partial charge in [0.2, 0.25) is 0 Å². The van der Waals surface area contributed by atoms with Gasteiger partial charge in [0.15, 0.2) is 5.51 Å². The van der Waals surface area contributed by atoms with Crippen LogP contribution in [0.3, 0.4) is 0 Å². The summed E-state index contributed by atoms with van der Waals surface area (Å²) in [4.78, 5) is 3.93. The zero-order valence-corrected chi connectivity index (χ0v) is 9.76. The van der Waals surface area contributed by atoms with E-state index in [4.69, 9.17) is 5.73 Å². The van der Waals surface area contributed by atoms with E-state index in [9.17, 15) is 13.2 Å². The highest BCUT2D eigenvalue weighted by Gasteiger charge is 2.31. The first-order valence-electron chi connectivity index (χ1n) is 4.88. The molecule has 1 atom stereocenters. The lowest BCUT2D eigenvalue weighted by Crippen LogP contribution is -2.17. The summed E-state index contributed by atoms with van der Waals surface area (Å²) in [5, 5.41) is 1.74. The van der Waals surface area contributed by atoms with Gasteiger partial charge in [-0.2, -0.15) is 0 Å². The quantitative estimate of drug-likeness (QED) is 0.935. The second kappa shape index (κ2) is 4.95. The second-order valence-electron chi connectivity index (χ2n) is 3.46. The van der Waals surface area contributed by atoms with Crippen molar-refractivity contribution in [1.29, 1.82) is 0 Å². The van der Waals surface area contributed by atoms with Crippen molar-refractivity contribution in [2.45, 2.75) is 12.4 Å². The number of benzene rings is 1. The van der Waals surface area contributed by atoms with Gasteiger partial charge in [0.05, 0.1) is 11.7 Å². The van der Waals surface area contributed by atoms with Crippen molar-refractivity contribution in [1.82, 2.24) is 4.98 Å². The number of rotatable bonds is 3. The van der Waals surface area contributed by atoms with Crippen molar-refractivity contribution in [3.05, 3.63) is 46.4 Å². The average Bonchev–Trinajstić information content (AvgIpc) is 2.80. The first-order chi connectivity index (χ1) is 8.46. The third kappa shape index (κ3) is 3.21. The molecule has 1 radical (unpaired) electrons. The molecule has 2 aromatic rings. The standard InChI is InChI=1S/C11H8F3N2OS/c12-11(13,14)17-8-3-1-7(2-4-8)10(15)9-5-18-6-16-9/h1-5,10H,15H2. The summed E-state index contributed by atoms with van der Waals surface area (Å²) in [6.07, 6.45) is -4.69. The van der Waals surface area contributed by atoms with Gasteiger partial charge in [0, 0.05) is 5.38 Å². The summed E-state index contributed by atoms with van der Waals surface area (Å²) in [5.74, 6) is -0.275. The first kappa shape index (κ1) is 12.8. The maximum absolute atomic E-state index is 12.0. The Bertz CT molecular complexity index is 496. The van der Waals surface area contributed by atoms with Crippen molar-refractivity contribution in [2.24, 2.45) is 5.73 Å². The molecule has 0 bridgehead atoms. The van der Waals surface area contributed by atoms with Crippen molar-refractivity contribution >= 4 is 11.3 Å². The van der Waals surface area contributed by atoms with E-state index in [1.807, 2.05) is 0 Å². The van der Waals surface area contributed by atoms with Crippen molar-refractivity contribution in [2.75, 3.05) is 0 Å². The Morgan fingerprint density at radius 2 is 1.94 bits per heavy atom. The summed E-state index contributed by atoms with van der Waals surface area (Å²) in [5.41, 5.74) is 9.85. The lowest BCUT2D eigenvalue weighted by Gasteiger charge is -2.12. The Hall–Kier alpha value is -1.60. The number of hydrogen-bond donors (Lipinski definition) is 1. The van der Waals surface area contributed by atoms with Gasteiger partial charge in [-0.25, -0.2) is 4.98 Å². The molecule has 95 valence electrons. The molecular formula is C11H8F3N2OS. The van der Waals surface area contributed by atoms with Crippen LogP contribution >= 0.6 is 11.3 Å². The molecule has 1 unspecified atom stereocenters. The predicted molar refractivity (Wildman–Crippen MR) is 60.1 cm³/mol. The zero-order chi connectivity index (χ0) is 13.2. The first-order valence-corrected chi connectivity index (χ1v) is 5.76. The smallest absolute Gasteiger partial charge is 0.406 e. The maximum atomic E-state index is 12.0. The van der Waals surface area contributed by atoms with Crippen molar-refractivity contribution in [3.63, 3.8) is 0 Å². The molecule has 0 saturated heterocycles. The van der Waals surface area contributed by atoms with Gasteiger partial charge in [-0.05, 0) is 17.7 Å². The van der Waals surface area contributed by atoms with Crippen LogP contribution in [0.5, 0.6) is 5.75 Å². The zero-order valence-electron chi connectivity index (χ0n) is 8.94. The normalized spacial score (nSPS) is 13.3. The van der Waals surface area contributed by atoms with Crippen molar-refractivity contribution in [3.8, 4) is 5.75 Å². The maximum Gasteiger partial charge on any atom is 0.573 e. The number of hydrogen-bond acceptors (Lipinski definition) is 4. The van der Waals surface area contributed by atoms with E-state index < -0.39 is 12.4 Å². The van der Waals surface area contributed by atoms with E-state index in [2.05, 4.69) is 15.2 Å². The Labute approximate surface area is 105 Å². The fraction of sp³-hybridized carbons (Fsp3) is 0.182. The van der Waals surface area contributed by atoms with Gasteiger partial charge < -0.3 is 10.5 Å². The van der Waals surface area contributed by atoms with Crippen LogP contribution in [-0.2, 0) is 0 Å². The Morgan fingerprint density at radius 1 is 1.28 bits per heavy atom. The van der Waals surface area contributed by atoms with Crippen LogP contribution in [0.25, 0.3) is 0 Å². The topological polar surface area (TPSA) is 48.1 Å². The highest BCUT2D eigenvalue weighted by atomic mass is 32.1. The SMILES string of the molecule is NC(c1ccc(OC(F)(F)F)cc1)c1cs[c]n1. The monoisotopic (exact) mass is 273 g/mol. The minimum absolute atomic E-state index is 0.275. The lowest BCUT2D eigenvalue weighted by molar-refractivity contribution is -0.274. The second-order valence-corrected chi connectivity index (χ2v) is 4.11. The number of alkyl halides is 3. The molecule has 0 aliphatic carbocycles. The van der Waals surface area contributed by atoms with Crippen LogP contribution in [-0.4, -0.2) is 11.3 Å². The molecule has 1 aromatic carbocycles. The minimum atomic E-state index is -4.69. The van der Waals surface area contributed by atoms with E-state index in [0.29, 0.717) is 11.3 Å². The third-order valence-corrected chi connectivity index (χ3v) is 2.75. The van der Waals surface area contributed by atoms with Gasteiger partial charge in [0.1, 0.15) is 5.75 Å². The molecule has 0 aliphatic rings. The molecule has 0 fully saturated rings. The summed E-state index contributed by atoms with van der Waals surface area (Å²) in [6.45, 7) is 0. The van der Waals surface area contributed by atoms with E-state index in [1.54, 1.807) is 5.38 Å². The highest BCUT2D eigenvalue weighted by Crippen LogP contribution is 2.25. The van der Waals surface area contributed by atoms with E-state index >= 15 is 0 Å². The molecule has 0 spiro atoms. The van der Waals surface area contributed by atoms with Crippen molar-refractivity contribution < 1.29 is 17.9 Å². The summed E-state index contributed by atoms with van der Waals surface area (Å²) < 4.78 is 39.7. The molecular weight excluding hydrogens is 265 g/mol. The minimum Gasteiger partial charge on any atom is -0.406 e. The molecule has 0 amide bonds. The molecule has 2 rings (SSSR count). The number of halogens is 3. The van der Waals surface area contributed by atoms with Gasteiger partial charge in [-0.15, -0.1) is 24.5 Å². The van der Waals surface area contributed by atoms with E-state index in [0.717, 1.165) is 0 Å². The molecule has 2 N–H and O–H groups in total. The van der Waals surface area contributed by atoms with Crippen LogP contribution in [0.1, 0.15) is 17.3 Å². The molecule has 0 saturated carbocycles. The molecule has 1 heterocycles. The van der Waals surface area contributed by atoms with Gasteiger partial charge in [-0.1, -0.05) is 12.1 Å². The molecule has 18 heavy (non-hydrogen) atoms. The van der Waals surface area contributed by atoms with Crippen LogP contribution in [0.4, 0.5) is 13.2 Å². The molecule has 0 aliphatic heterocycles. The molecule has 3 nitrogen and oxygen atoms in total. The van der Waals surface area contributed by atoms with Crippen LogP contribution in [0, 0.1) is 5.51 Å². The third-order valence-electron chi connectivity index (χ3n) is 2.20. The Morgan fingerprint density at radius 3 is 2.44 bits per heavy atom. The van der Waals surface area contributed by atoms with E-state index in [-0.39, 0.29) is 5.75 Å². The summed E-state index contributed by atoms with van der Waals surface area (Å²) >= 11 is 1.28. The molecule has 1 aromatic heterocycles. The predicted octanol–water partition coefficient (Wildman–Crippen LogP) is 2.89. The number of ether oxygens (including phenoxy) is 1. The number of thiazole rings is 1. The van der Waals surface area contributed by atoms with Gasteiger partial charge in [0.25, 0.3) is 0 Å². The summed E-state index contributed by atoms with van der Waals surface area (Å²) in [6, 6.07) is 4.92. The van der Waals surface area contributed by atoms with Crippen LogP contribution in [0.2, 0.25) is 0 Å². The Balaban J connectivity index is 2.13. The van der Waals surface area contributed by atoms with Crippen LogP contribution in [0.15, 0.2) is 29.6 Å².